The molecule has 0 bridgehead atoms. The van der Waals surface area contributed by atoms with Gasteiger partial charge in [0.05, 0.1) is 18.3 Å². The number of methoxy groups -OCH3 is 1. The van der Waals surface area contributed by atoms with E-state index < -0.39 is 0 Å². The van der Waals surface area contributed by atoms with Crippen LogP contribution < -0.4 is 0 Å². The van der Waals surface area contributed by atoms with Crippen LogP contribution in [0.5, 0.6) is 0 Å². The van der Waals surface area contributed by atoms with Gasteiger partial charge in [-0.3, -0.25) is 14.8 Å². The molecule has 24 heavy (non-hydrogen) atoms. The first-order chi connectivity index (χ1) is 11.2. The van der Waals surface area contributed by atoms with E-state index in [0.717, 1.165) is 25.9 Å². The van der Waals surface area contributed by atoms with Crippen molar-refractivity contribution in [1.29, 1.82) is 0 Å². The molecule has 0 unspecified atom stereocenters. The maximum absolute atomic E-state index is 12.4. The highest BCUT2D eigenvalue weighted by atomic mass is 16.5. The number of hydrogen-bond acceptors (Lipinski definition) is 4. The number of hydrogen-bond donors (Lipinski definition) is 1. The fourth-order valence-corrected chi connectivity index (χ4v) is 3.65. The topological polar surface area (TPSA) is 61.5 Å². The molecular formula is C18H32N4O2. The van der Waals surface area contributed by atoms with E-state index in [0.29, 0.717) is 13.0 Å². The van der Waals surface area contributed by atoms with Crippen LogP contribution in [0.3, 0.4) is 0 Å². The minimum atomic E-state index is -0.220. The Balaban J connectivity index is 2.24. The molecule has 1 N–H and O–H groups in total. The summed E-state index contributed by atoms with van der Waals surface area (Å²) < 4.78 is 5.52. The van der Waals surface area contributed by atoms with E-state index in [1.807, 2.05) is 20.3 Å². The molecule has 0 aromatic carbocycles. The summed E-state index contributed by atoms with van der Waals surface area (Å²) in [7, 11) is 5.35. The minimum Gasteiger partial charge on any atom is -0.383 e. The number of carbonyl (C=O) groups excluding carboxylic acids is 1. The lowest BCUT2D eigenvalue weighted by atomic mass is 9.88. The van der Waals surface area contributed by atoms with Crippen molar-refractivity contribution in [2.45, 2.75) is 57.5 Å². The lowest BCUT2D eigenvalue weighted by molar-refractivity contribution is -0.132. The van der Waals surface area contributed by atoms with Gasteiger partial charge in [0.15, 0.2) is 0 Å². The highest BCUT2D eigenvalue weighted by Gasteiger charge is 2.43. The Kier molecular flexibility index (Phi) is 5.71. The fourth-order valence-electron chi connectivity index (χ4n) is 3.65. The molecule has 1 aromatic heterocycles. The summed E-state index contributed by atoms with van der Waals surface area (Å²) in [6, 6.07) is 0. The maximum atomic E-state index is 12.4. The Morgan fingerprint density at radius 2 is 2.17 bits per heavy atom. The van der Waals surface area contributed by atoms with Gasteiger partial charge in [0, 0.05) is 50.8 Å². The third kappa shape index (κ3) is 3.98. The van der Waals surface area contributed by atoms with Gasteiger partial charge in [-0.1, -0.05) is 20.8 Å². The summed E-state index contributed by atoms with van der Waals surface area (Å²) >= 11 is 0. The summed E-state index contributed by atoms with van der Waals surface area (Å²) in [6.45, 7) is 8.92. The van der Waals surface area contributed by atoms with Gasteiger partial charge in [0.25, 0.3) is 0 Å². The first-order valence-corrected chi connectivity index (χ1v) is 8.66. The summed E-state index contributed by atoms with van der Waals surface area (Å²) in [6.07, 6.45) is 4.50. The first kappa shape index (κ1) is 18.9. The number of ether oxygens (including phenoxy) is 1. The largest absolute Gasteiger partial charge is 0.383 e. The third-order valence-corrected chi connectivity index (χ3v) is 4.96. The number of rotatable bonds is 6. The van der Waals surface area contributed by atoms with Gasteiger partial charge < -0.3 is 9.64 Å². The Hall–Kier alpha value is -1.40. The van der Waals surface area contributed by atoms with Crippen molar-refractivity contribution >= 4 is 5.91 Å². The molecule has 1 aliphatic rings. The third-order valence-electron chi connectivity index (χ3n) is 4.96. The van der Waals surface area contributed by atoms with Crippen molar-refractivity contribution in [2.24, 2.45) is 0 Å². The molecule has 1 amide bonds. The van der Waals surface area contributed by atoms with Crippen LogP contribution in [0.1, 0.15) is 51.3 Å². The quantitative estimate of drug-likeness (QED) is 0.865. The van der Waals surface area contributed by atoms with Gasteiger partial charge >= 0.3 is 0 Å². The number of amides is 1. The molecule has 2 heterocycles. The van der Waals surface area contributed by atoms with Gasteiger partial charge in [0.1, 0.15) is 0 Å². The Bertz CT molecular complexity index is 562. The molecule has 0 saturated carbocycles. The molecule has 0 spiro atoms. The first-order valence-electron chi connectivity index (χ1n) is 8.66. The molecule has 6 nitrogen and oxygen atoms in total. The van der Waals surface area contributed by atoms with Gasteiger partial charge in [-0.2, -0.15) is 5.10 Å². The van der Waals surface area contributed by atoms with Crippen LogP contribution >= 0.6 is 0 Å². The molecule has 1 fully saturated rings. The number of carbonyl (C=O) groups is 1. The second kappa shape index (κ2) is 7.23. The van der Waals surface area contributed by atoms with E-state index in [1.165, 1.54) is 11.3 Å². The molecule has 1 aromatic rings. The van der Waals surface area contributed by atoms with E-state index in [9.17, 15) is 4.79 Å². The molecule has 136 valence electrons. The zero-order chi connectivity index (χ0) is 18.0. The van der Waals surface area contributed by atoms with Crippen molar-refractivity contribution in [3.8, 4) is 0 Å². The predicted molar refractivity (Wildman–Crippen MR) is 94.8 cm³/mol. The van der Waals surface area contributed by atoms with E-state index in [4.69, 9.17) is 4.74 Å². The zero-order valence-electron chi connectivity index (χ0n) is 16.0. The summed E-state index contributed by atoms with van der Waals surface area (Å²) in [5, 5.41) is 7.41. The number of nitrogens with zero attached hydrogens (tertiary/aromatic N) is 3. The molecule has 2 rings (SSSR count). The predicted octanol–water partition coefficient (Wildman–Crippen LogP) is 2.17. The average Bonchev–Trinajstić information content (AvgIpc) is 3.07. The van der Waals surface area contributed by atoms with Crippen LogP contribution in [0.4, 0.5) is 0 Å². The van der Waals surface area contributed by atoms with Gasteiger partial charge in [-0.15, -0.1) is 0 Å². The second-order valence-corrected chi connectivity index (χ2v) is 8.17. The van der Waals surface area contributed by atoms with Crippen molar-refractivity contribution in [2.75, 3.05) is 34.4 Å². The van der Waals surface area contributed by atoms with Crippen molar-refractivity contribution in [1.82, 2.24) is 20.0 Å². The van der Waals surface area contributed by atoms with E-state index >= 15 is 0 Å². The smallest absolute Gasteiger partial charge is 0.224 e. The summed E-state index contributed by atoms with van der Waals surface area (Å²) in [4.78, 5) is 16.5. The van der Waals surface area contributed by atoms with Gasteiger partial charge in [-0.25, -0.2) is 0 Å². The Morgan fingerprint density at radius 3 is 2.75 bits per heavy atom. The fraction of sp³-hybridized carbons (Fsp3) is 0.778. The van der Waals surface area contributed by atoms with Gasteiger partial charge in [-0.05, 0) is 19.4 Å². The molecule has 0 radical (unpaired) electrons. The lowest BCUT2D eigenvalue weighted by Gasteiger charge is -2.38. The van der Waals surface area contributed by atoms with Crippen LogP contribution in [-0.2, 0) is 21.5 Å². The molecular weight excluding hydrogens is 304 g/mol. The van der Waals surface area contributed by atoms with Crippen LogP contribution in [0.2, 0.25) is 0 Å². The van der Waals surface area contributed by atoms with E-state index in [-0.39, 0.29) is 16.9 Å². The van der Waals surface area contributed by atoms with Crippen LogP contribution in [0.25, 0.3) is 0 Å². The zero-order valence-corrected chi connectivity index (χ0v) is 16.0. The maximum Gasteiger partial charge on any atom is 0.224 e. The SMILES string of the molecule is COC[C@]1(CC(=O)N(C)C)CCCN1Cc1cn[nH]c1C(C)(C)C. The minimum absolute atomic E-state index is 0.0227. The Morgan fingerprint density at radius 1 is 1.46 bits per heavy atom. The van der Waals surface area contributed by atoms with Crippen molar-refractivity contribution < 1.29 is 9.53 Å². The summed E-state index contributed by atoms with van der Waals surface area (Å²) in [5.74, 6) is 0.155. The van der Waals surface area contributed by atoms with Crippen LogP contribution in [0, 0.1) is 0 Å². The van der Waals surface area contributed by atoms with Crippen molar-refractivity contribution in [3.63, 3.8) is 0 Å². The lowest BCUT2D eigenvalue weighted by Crippen LogP contribution is -2.50. The number of aromatic nitrogens is 2. The van der Waals surface area contributed by atoms with Crippen molar-refractivity contribution in [3.05, 3.63) is 17.5 Å². The number of H-pyrrole nitrogens is 1. The standard InChI is InChI=1S/C18H32N4O2/c1-17(2,3)16-14(11-19-20-16)12-22-9-7-8-18(22,13-24-6)10-15(23)21(4)5/h11H,7-10,12-13H2,1-6H3,(H,19,20)/t18-/m1/s1. The Labute approximate surface area is 145 Å². The van der Waals surface area contributed by atoms with Gasteiger partial charge in [0.2, 0.25) is 5.91 Å². The van der Waals surface area contributed by atoms with E-state index in [2.05, 4.69) is 35.9 Å². The highest BCUT2D eigenvalue weighted by Crippen LogP contribution is 2.36. The van der Waals surface area contributed by atoms with E-state index in [1.54, 1.807) is 12.0 Å². The average molecular weight is 336 g/mol. The number of likely N-dealkylation sites (tertiary alicyclic amines) is 1. The molecule has 0 aliphatic carbocycles. The number of nitrogens with one attached hydrogen (secondary N) is 1. The molecule has 1 atom stereocenters. The monoisotopic (exact) mass is 336 g/mol. The molecule has 6 heteroatoms. The van der Waals surface area contributed by atoms with Crippen LogP contribution in [-0.4, -0.2) is 65.8 Å². The number of aromatic amines is 1. The van der Waals surface area contributed by atoms with Crippen LogP contribution in [0.15, 0.2) is 6.20 Å². The summed E-state index contributed by atoms with van der Waals surface area (Å²) in [5.41, 5.74) is 2.18. The second-order valence-electron chi connectivity index (χ2n) is 8.17. The highest BCUT2D eigenvalue weighted by molar-refractivity contribution is 5.77. The normalized spacial score (nSPS) is 22.1. The molecule has 1 saturated heterocycles. The molecule has 1 aliphatic heterocycles.